The molecule has 0 aromatic carbocycles. The quantitative estimate of drug-likeness (QED) is 0.369. The van der Waals surface area contributed by atoms with Crippen LogP contribution in [0.5, 0.6) is 0 Å². The molecule has 7 nitrogen and oxygen atoms in total. The summed E-state index contributed by atoms with van der Waals surface area (Å²) in [6, 6.07) is 3.97. The van der Waals surface area contributed by atoms with Gasteiger partial charge in [-0.1, -0.05) is 6.92 Å². The number of aliphatic imine (C=N–C) groups is 1. The van der Waals surface area contributed by atoms with Crippen LogP contribution in [0.1, 0.15) is 43.5 Å². The van der Waals surface area contributed by atoms with Gasteiger partial charge in [0.2, 0.25) is 0 Å². The molecule has 1 fully saturated rings. The summed E-state index contributed by atoms with van der Waals surface area (Å²) in [6.45, 7) is 9.63. The number of guanidine groups is 1. The van der Waals surface area contributed by atoms with Crippen LogP contribution in [0, 0.1) is 0 Å². The molecule has 2 rings (SSSR count). The molecule has 0 spiro atoms. The molecule has 0 atom stereocenters. The minimum Gasteiger partial charge on any atom is -0.357 e. The molecule has 0 radical (unpaired) electrons. The van der Waals surface area contributed by atoms with Gasteiger partial charge >= 0.3 is 0 Å². The normalized spacial score (nSPS) is 16.3. The fourth-order valence-electron chi connectivity index (χ4n) is 3.07. The zero-order valence-corrected chi connectivity index (χ0v) is 16.0. The Morgan fingerprint density at radius 1 is 1.31 bits per heavy atom. The van der Waals surface area contributed by atoms with Crippen LogP contribution in [0.3, 0.4) is 0 Å². The first-order chi connectivity index (χ1) is 12.7. The Labute approximate surface area is 156 Å². The van der Waals surface area contributed by atoms with Crippen molar-refractivity contribution in [2.24, 2.45) is 4.99 Å². The lowest BCUT2D eigenvalue weighted by Gasteiger charge is -2.32. The number of carbonyl (C=O) groups is 1. The molecule has 144 valence electrons. The highest BCUT2D eigenvalue weighted by molar-refractivity contribution is 5.93. The monoisotopic (exact) mass is 360 g/mol. The molecule has 1 amide bonds. The van der Waals surface area contributed by atoms with E-state index in [1.165, 1.54) is 13.0 Å². The Bertz CT molecular complexity index is 554. The zero-order valence-electron chi connectivity index (χ0n) is 16.0. The summed E-state index contributed by atoms with van der Waals surface area (Å²) in [5.41, 5.74) is 0.570. The Morgan fingerprint density at radius 3 is 2.77 bits per heavy atom. The van der Waals surface area contributed by atoms with Gasteiger partial charge in [-0.2, -0.15) is 0 Å². The van der Waals surface area contributed by atoms with Gasteiger partial charge in [-0.25, -0.2) is 0 Å². The third-order valence-corrected chi connectivity index (χ3v) is 4.40. The van der Waals surface area contributed by atoms with Crippen LogP contribution in [0.15, 0.2) is 29.5 Å². The van der Waals surface area contributed by atoms with E-state index in [0.29, 0.717) is 24.7 Å². The van der Waals surface area contributed by atoms with Crippen molar-refractivity contribution in [3.05, 3.63) is 30.1 Å². The number of likely N-dealkylation sites (tertiary alicyclic amines) is 1. The molecule has 1 saturated heterocycles. The average molecular weight is 361 g/mol. The van der Waals surface area contributed by atoms with E-state index in [0.717, 1.165) is 38.4 Å². The molecule has 3 N–H and O–H groups in total. The Hall–Kier alpha value is -2.15. The molecule has 1 aromatic rings. The predicted molar refractivity (Wildman–Crippen MR) is 105 cm³/mol. The van der Waals surface area contributed by atoms with E-state index in [9.17, 15) is 4.79 Å². The number of carbonyl (C=O) groups excluding carboxylic acids is 1. The third kappa shape index (κ3) is 7.00. The lowest BCUT2D eigenvalue weighted by Crippen LogP contribution is -2.49. The maximum Gasteiger partial charge on any atom is 0.252 e. The van der Waals surface area contributed by atoms with Crippen LogP contribution in [0.25, 0.3) is 0 Å². The maximum atomic E-state index is 12.0. The predicted octanol–water partition coefficient (Wildman–Crippen LogP) is 1.24. The van der Waals surface area contributed by atoms with Crippen molar-refractivity contribution in [2.45, 2.75) is 39.2 Å². The lowest BCUT2D eigenvalue weighted by molar-refractivity contribution is 0.0954. The van der Waals surface area contributed by atoms with E-state index < -0.39 is 0 Å². The second-order valence-corrected chi connectivity index (χ2v) is 6.52. The first-order valence-corrected chi connectivity index (χ1v) is 9.68. The molecule has 26 heavy (non-hydrogen) atoms. The first kappa shape index (κ1) is 20.2. The van der Waals surface area contributed by atoms with Crippen molar-refractivity contribution in [3.63, 3.8) is 0 Å². The van der Waals surface area contributed by atoms with Gasteiger partial charge < -0.3 is 20.9 Å². The molecule has 0 unspecified atom stereocenters. The number of aromatic nitrogens is 1. The van der Waals surface area contributed by atoms with Crippen molar-refractivity contribution in [3.8, 4) is 0 Å². The summed E-state index contributed by atoms with van der Waals surface area (Å²) >= 11 is 0. The zero-order chi connectivity index (χ0) is 18.6. The average Bonchev–Trinajstić information content (AvgIpc) is 2.67. The van der Waals surface area contributed by atoms with Gasteiger partial charge in [-0.05, 0) is 44.9 Å². The second kappa shape index (κ2) is 11.5. The number of amides is 1. The van der Waals surface area contributed by atoms with Crippen molar-refractivity contribution in [1.29, 1.82) is 0 Å². The van der Waals surface area contributed by atoms with Crippen molar-refractivity contribution < 1.29 is 4.79 Å². The van der Waals surface area contributed by atoms with Gasteiger partial charge in [0.05, 0.1) is 12.1 Å². The molecule has 1 aliphatic heterocycles. The number of pyridine rings is 1. The number of nitrogens with zero attached hydrogens (tertiary/aromatic N) is 3. The smallest absolute Gasteiger partial charge is 0.252 e. The topological polar surface area (TPSA) is 81.7 Å². The van der Waals surface area contributed by atoms with Gasteiger partial charge in [0, 0.05) is 44.6 Å². The standard InChI is InChI=1S/C19H32N6O/c1-3-12-25-13-7-17(8-14-25)24-19(21-4-2)23-11-10-22-18(26)16-6-5-9-20-15-16/h5-6,9,15,17H,3-4,7-8,10-14H2,1-2H3,(H,22,26)(H2,21,23,24). The van der Waals surface area contributed by atoms with Gasteiger partial charge in [0.15, 0.2) is 5.96 Å². The van der Waals surface area contributed by atoms with Crippen LogP contribution >= 0.6 is 0 Å². The Kier molecular flexibility index (Phi) is 8.89. The van der Waals surface area contributed by atoms with Gasteiger partial charge in [0.25, 0.3) is 5.91 Å². The summed E-state index contributed by atoms with van der Waals surface area (Å²) in [5.74, 6) is 0.714. The number of piperidine rings is 1. The maximum absolute atomic E-state index is 12.0. The molecule has 1 aromatic heterocycles. The second-order valence-electron chi connectivity index (χ2n) is 6.52. The Morgan fingerprint density at radius 2 is 2.12 bits per heavy atom. The number of hydrogen-bond acceptors (Lipinski definition) is 4. The first-order valence-electron chi connectivity index (χ1n) is 9.68. The van der Waals surface area contributed by atoms with Crippen molar-refractivity contribution in [1.82, 2.24) is 25.8 Å². The summed E-state index contributed by atoms with van der Waals surface area (Å²) < 4.78 is 0. The molecule has 0 bridgehead atoms. The molecular formula is C19H32N6O. The largest absolute Gasteiger partial charge is 0.357 e. The lowest BCUT2D eigenvalue weighted by atomic mass is 10.1. The van der Waals surface area contributed by atoms with Gasteiger partial charge in [0.1, 0.15) is 0 Å². The molecule has 7 heteroatoms. The van der Waals surface area contributed by atoms with Crippen LogP contribution in [0.4, 0.5) is 0 Å². The van der Waals surface area contributed by atoms with Crippen LogP contribution < -0.4 is 16.0 Å². The van der Waals surface area contributed by atoms with Gasteiger partial charge in [-0.3, -0.25) is 14.8 Å². The highest BCUT2D eigenvalue weighted by atomic mass is 16.1. The summed E-state index contributed by atoms with van der Waals surface area (Å²) in [5, 5.41) is 9.69. The van der Waals surface area contributed by atoms with Crippen molar-refractivity contribution >= 4 is 11.9 Å². The fraction of sp³-hybridized carbons (Fsp3) is 0.632. The summed E-state index contributed by atoms with van der Waals surface area (Å²) in [4.78, 5) is 23.0. The fourth-order valence-corrected chi connectivity index (χ4v) is 3.07. The number of hydrogen-bond donors (Lipinski definition) is 3. The van der Waals surface area contributed by atoms with Gasteiger partial charge in [-0.15, -0.1) is 0 Å². The molecule has 2 heterocycles. The summed E-state index contributed by atoms with van der Waals surface area (Å²) in [7, 11) is 0. The number of nitrogens with one attached hydrogen (secondary N) is 3. The van der Waals surface area contributed by atoms with Crippen LogP contribution in [-0.4, -0.2) is 67.1 Å². The van der Waals surface area contributed by atoms with E-state index in [1.807, 2.05) is 0 Å². The number of rotatable bonds is 8. The van der Waals surface area contributed by atoms with Crippen LogP contribution in [-0.2, 0) is 0 Å². The Balaban J connectivity index is 1.73. The van der Waals surface area contributed by atoms with E-state index in [4.69, 9.17) is 0 Å². The summed E-state index contributed by atoms with van der Waals surface area (Å²) in [6.07, 6.45) is 6.72. The molecular weight excluding hydrogens is 328 g/mol. The highest BCUT2D eigenvalue weighted by Crippen LogP contribution is 2.10. The molecule has 1 aliphatic rings. The minimum absolute atomic E-state index is 0.116. The van der Waals surface area contributed by atoms with Crippen molar-refractivity contribution in [2.75, 3.05) is 39.3 Å². The van der Waals surface area contributed by atoms with Crippen LogP contribution in [0.2, 0.25) is 0 Å². The molecule has 0 saturated carbocycles. The van der Waals surface area contributed by atoms with E-state index >= 15 is 0 Å². The van der Waals surface area contributed by atoms with E-state index in [2.05, 4.69) is 44.7 Å². The van der Waals surface area contributed by atoms with E-state index in [1.54, 1.807) is 24.5 Å². The highest BCUT2D eigenvalue weighted by Gasteiger charge is 2.19. The third-order valence-electron chi connectivity index (χ3n) is 4.40. The molecule has 0 aliphatic carbocycles. The minimum atomic E-state index is -0.116. The van der Waals surface area contributed by atoms with E-state index in [-0.39, 0.29) is 5.91 Å². The SMILES string of the molecule is CCCN1CCC(NC(=NCCNC(=O)c2cccnc2)NCC)CC1.